The summed E-state index contributed by atoms with van der Waals surface area (Å²) in [5, 5.41) is 21.4. The molecule has 9 nitrogen and oxygen atoms in total. The summed E-state index contributed by atoms with van der Waals surface area (Å²) in [6.45, 7) is 5.12. The number of amides is 1. The fraction of sp³-hybridized carbons (Fsp3) is 0.435. The zero-order chi connectivity index (χ0) is 24.5. The number of aromatic nitrogens is 4. The van der Waals surface area contributed by atoms with E-state index in [-0.39, 0.29) is 33.8 Å². The molecule has 3 aromatic heterocycles. The van der Waals surface area contributed by atoms with Crippen molar-refractivity contribution in [2.24, 2.45) is 0 Å². The topological polar surface area (TPSA) is 119 Å². The molecular weight excluding hydrogens is 461 g/mol. The van der Waals surface area contributed by atoms with Gasteiger partial charge in [0.2, 0.25) is 5.13 Å². The van der Waals surface area contributed by atoms with Gasteiger partial charge >= 0.3 is 0 Å². The number of rotatable bonds is 6. The van der Waals surface area contributed by atoms with Crippen molar-refractivity contribution in [1.82, 2.24) is 20.2 Å². The second-order valence-electron chi connectivity index (χ2n) is 8.61. The van der Waals surface area contributed by atoms with Crippen LogP contribution in [0, 0.1) is 19.7 Å². The van der Waals surface area contributed by atoms with Gasteiger partial charge in [-0.1, -0.05) is 5.10 Å². The molecule has 180 valence electrons. The fourth-order valence-corrected chi connectivity index (χ4v) is 4.52. The number of ether oxygens (including phenoxy) is 2. The van der Waals surface area contributed by atoms with E-state index in [0.717, 1.165) is 11.3 Å². The van der Waals surface area contributed by atoms with Crippen LogP contribution < -0.4 is 14.8 Å². The molecule has 0 radical (unpaired) electrons. The number of hydrogen-bond acceptors (Lipinski definition) is 9. The summed E-state index contributed by atoms with van der Waals surface area (Å²) in [5.41, 5.74) is 0.767. The van der Waals surface area contributed by atoms with E-state index in [9.17, 15) is 9.90 Å². The second-order valence-corrected chi connectivity index (χ2v) is 9.55. The molecule has 11 heteroatoms. The van der Waals surface area contributed by atoms with Crippen molar-refractivity contribution in [1.29, 1.82) is 0 Å². The van der Waals surface area contributed by atoms with Crippen LogP contribution >= 0.6 is 11.3 Å². The van der Waals surface area contributed by atoms with Crippen molar-refractivity contribution in [3.05, 3.63) is 41.2 Å². The van der Waals surface area contributed by atoms with Crippen LogP contribution in [0.25, 0.3) is 11.1 Å². The standard InChI is InChI=1S/C23H26FN5O4S/c1-12-9-15(18-17(32-4)11-26-13(2)19(18)24)16(10-25-12)20(30)27-21-28-29-22(34-21)33-14-5-7-23(3,31)8-6-14/h9-11,14,31H,5-8H2,1-4H3,(H,27,28,30)/t14-,23+. The van der Waals surface area contributed by atoms with Gasteiger partial charge in [-0.25, -0.2) is 4.39 Å². The number of aryl methyl sites for hydroxylation is 2. The minimum absolute atomic E-state index is 0.0602. The van der Waals surface area contributed by atoms with Gasteiger partial charge in [0, 0.05) is 17.5 Å². The summed E-state index contributed by atoms with van der Waals surface area (Å²) in [4.78, 5) is 21.3. The quantitative estimate of drug-likeness (QED) is 0.534. The largest absolute Gasteiger partial charge is 0.494 e. The maximum absolute atomic E-state index is 15.1. The van der Waals surface area contributed by atoms with Crippen LogP contribution in [-0.4, -0.2) is 50.0 Å². The lowest BCUT2D eigenvalue weighted by molar-refractivity contribution is -0.0110. The number of hydrogen-bond donors (Lipinski definition) is 2. The van der Waals surface area contributed by atoms with Crippen LogP contribution in [0.4, 0.5) is 9.52 Å². The van der Waals surface area contributed by atoms with Gasteiger partial charge in [-0.15, -0.1) is 5.10 Å². The Bertz CT molecular complexity index is 1210. The van der Waals surface area contributed by atoms with Gasteiger partial charge < -0.3 is 14.6 Å². The van der Waals surface area contributed by atoms with Gasteiger partial charge in [-0.05, 0) is 63.9 Å². The molecule has 4 rings (SSSR count). The van der Waals surface area contributed by atoms with Crippen molar-refractivity contribution in [2.45, 2.75) is 58.2 Å². The SMILES string of the molecule is COc1cnc(C)c(F)c1-c1cc(C)ncc1C(=O)Nc1nnc(O[C@H]2CC[C@@](C)(O)CC2)s1. The molecule has 3 heterocycles. The van der Waals surface area contributed by atoms with Gasteiger partial charge in [0.25, 0.3) is 11.1 Å². The molecule has 0 spiro atoms. The number of carbonyl (C=O) groups excluding carboxylic acids is 1. The van der Waals surface area contributed by atoms with E-state index in [4.69, 9.17) is 9.47 Å². The number of aliphatic hydroxyl groups is 1. The Morgan fingerprint density at radius 2 is 1.97 bits per heavy atom. The summed E-state index contributed by atoms with van der Waals surface area (Å²) in [7, 11) is 1.42. The highest BCUT2D eigenvalue weighted by Gasteiger charge is 2.30. The first-order valence-corrected chi connectivity index (χ1v) is 11.7. The number of pyridine rings is 2. The highest BCUT2D eigenvalue weighted by molar-refractivity contribution is 7.17. The molecule has 1 fully saturated rings. The lowest BCUT2D eigenvalue weighted by Gasteiger charge is -2.32. The smallest absolute Gasteiger partial charge is 0.296 e. The van der Waals surface area contributed by atoms with Crippen molar-refractivity contribution in [3.8, 4) is 22.1 Å². The first-order chi connectivity index (χ1) is 16.2. The molecule has 1 amide bonds. The number of carbonyl (C=O) groups is 1. The molecule has 1 aliphatic carbocycles. The number of nitrogens with zero attached hydrogens (tertiary/aromatic N) is 4. The predicted octanol–water partition coefficient (Wildman–Crippen LogP) is 4.08. The summed E-state index contributed by atoms with van der Waals surface area (Å²) in [5.74, 6) is -0.882. The van der Waals surface area contributed by atoms with Gasteiger partial charge in [0.05, 0.1) is 35.7 Å². The molecule has 0 atom stereocenters. The van der Waals surface area contributed by atoms with Crippen LogP contribution in [0.1, 0.15) is 54.4 Å². The van der Waals surface area contributed by atoms with Crippen LogP contribution in [0.15, 0.2) is 18.5 Å². The molecule has 1 aliphatic rings. The first-order valence-electron chi connectivity index (χ1n) is 10.9. The highest BCUT2D eigenvalue weighted by Crippen LogP contribution is 2.36. The van der Waals surface area contributed by atoms with Crippen molar-refractivity contribution in [3.63, 3.8) is 0 Å². The van der Waals surface area contributed by atoms with E-state index in [1.807, 2.05) is 6.92 Å². The second kappa shape index (κ2) is 9.59. The lowest BCUT2D eigenvalue weighted by atomic mass is 9.85. The van der Waals surface area contributed by atoms with E-state index in [1.54, 1.807) is 19.9 Å². The average Bonchev–Trinajstić information content (AvgIpc) is 3.23. The Morgan fingerprint density at radius 1 is 1.24 bits per heavy atom. The van der Waals surface area contributed by atoms with E-state index < -0.39 is 17.3 Å². The van der Waals surface area contributed by atoms with Gasteiger partial charge in [0.15, 0.2) is 5.82 Å². The number of nitrogens with one attached hydrogen (secondary N) is 1. The Hall–Kier alpha value is -3.18. The van der Waals surface area contributed by atoms with E-state index in [1.165, 1.54) is 19.5 Å². The van der Waals surface area contributed by atoms with Crippen molar-refractivity contribution < 1.29 is 23.8 Å². The summed E-state index contributed by atoms with van der Waals surface area (Å²) in [6.07, 6.45) is 5.48. The van der Waals surface area contributed by atoms with E-state index in [0.29, 0.717) is 42.1 Å². The number of anilines is 1. The Balaban J connectivity index is 1.55. The van der Waals surface area contributed by atoms with Crippen LogP contribution in [0.3, 0.4) is 0 Å². The molecule has 1 saturated carbocycles. The molecular formula is C23H26FN5O4S. The molecule has 34 heavy (non-hydrogen) atoms. The van der Waals surface area contributed by atoms with Gasteiger partial charge in [-0.2, -0.15) is 0 Å². The first kappa shape index (κ1) is 24.0. The lowest BCUT2D eigenvalue weighted by Crippen LogP contribution is -2.34. The normalized spacial score (nSPS) is 20.1. The Labute approximate surface area is 200 Å². The summed E-state index contributed by atoms with van der Waals surface area (Å²) >= 11 is 1.10. The monoisotopic (exact) mass is 487 g/mol. The van der Waals surface area contributed by atoms with Crippen molar-refractivity contribution in [2.75, 3.05) is 12.4 Å². The van der Waals surface area contributed by atoms with Gasteiger partial charge in [-0.3, -0.25) is 20.1 Å². The molecule has 0 aromatic carbocycles. The van der Waals surface area contributed by atoms with Crippen LogP contribution in [0.5, 0.6) is 10.9 Å². The Morgan fingerprint density at radius 3 is 2.68 bits per heavy atom. The summed E-state index contributed by atoms with van der Waals surface area (Å²) in [6, 6.07) is 1.63. The molecule has 0 unspecified atom stereocenters. The highest BCUT2D eigenvalue weighted by atomic mass is 32.1. The molecule has 3 aromatic rings. The number of methoxy groups -OCH3 is 1. The van der Waals surface area contributed by atoms with E-state index in [2.05, 4.69) is 25.5 Å². The molecule has 0 aliphatic heterocycles. The fourth-order valence-electron chi connectivity index (χ4n) is 3.87. The average molecular weight is 488 g/mol. The third-order valence-electron chi connectivity index (χ3n) is 5.84. The third kappa shape index (κ3) is 5.15. The molecule has 0 bridgehead atoms. The third-order valence-corrected chi connectivity index (χ3v) is 6.57. The van der Waals surface area contributed by atoms with Crippen molar-refractivity contribution >= 4 is 22.4 Å². The molecule has 2 N–H and O–H groups in total. The van der Waals surface area contributed by atoms with E-state index >= 15 is 4.39 Å². The maximum Gasteiger partial charge on any atom is 0.296 e. The Kier molecular flexibility index (Phi) is 6.76. The maximum atomic E-state index is 15.1. The number of halogens is 1. The zero-order valence-electron chi connectivity index (χ0n) is 19.4. The minimum Gasteiger partial charge on any atom is -0.494 e. The predicted molar refractivity (Wildman–Crippen MR) is 125 cm³/mol. The zero-order valence-corrected chi connectivity index (χ0v) is 20.2. The van der Waals surface area contributed by atoms with Crippen LogP contribution in [0.2, 0.25) is 0 Å². The summed E-state index contributed by atoms with van der Waals surface area (Å²) < 4.78 is 26.3. The van der Waals surface area contributed by atoms with Crippen LogP contribution in [-0.2, 0) is 0 Å². The molecule has 0 saturated heterocycles. The van der Waals surface area contributed by atoms with Gasteiger partial charge in [0.1, 0.15) is 11.9 Å². The minimum atomic E-state index is -0.657.